The molecule has 0 unspecified atom stereocenters. The maximum Gasteiger partial charge on any atom is 0.244 e. The number of aromatic nitrogens is 2. The Labute approximate surface area is 110 Å². The van der Waals surface area contributed by atoms with Crippen LogP contribution in [0.25, 0.3) is 0 Å². The fourth-order valence-corrected chi connectivity index (χ4v) is 2.92. The molecule has 0 radical (unpaired) electrons. The first kappa shape index (κ1) is 13.8. The highest BCUT2D eigenvalue weighted by Crippen LogP contribution is 2.19. The number of aromatic amines is 1. The zero-order chi connectivity index (χ0) is 13.9. The Kier molecular flexibility index (Phi) is 4.03. The van der Waals surface area contributed by atoms with Crippen LogP contribution in [0.3, 0.4) is 0 Å². The van der Waals surface area contributed by atoms with E-state index in [1.54, 1.807) is 19.3 Å². The van der Waals surface area contributed by atoms with Crippen molar-refractivity contribution in [2.24, 2.45) is 0 Å². The lowest BCUT2D eigenvalue weighted by atomic mass is 10.4. The highest BCUT2D eigenvalue weighted by Gasteiger charge is 2.20. The van der Waals surface area contributed by atoms with Gasteiger partial charge in [0.1, 0.15) is 28.8 Å². The van der Waals surface area contributed by atoms with E-state index in [0.29, 0.717) is 12.2 Å². The number of furan rings is 1. The number of aryl methyl sites for hydroxylation is 1. The zero-order valence-corrected chi connectivity index (χ0v) is 11.2. The van der Waals surface area contributed by atoms with Crippen molar-refractivity contribution in [1.29, 1.82) is 0 Å². The Morgan fingerprint density at radius 1 is 1.53 bits per heavy atom. The lowest BCUT2D eigenvalue weighted by molar-refractivity contribution is 0.244. The van der Waals surface area contributed by atoms with Crippen LogP contribution in [-0.2, 0) is 23.1 Å². The SMILES string of the molecule is Cc1oc(CO)cc1S(=O)(=O)NCCc1ncc[nH]1. The third-order valence-corrected chi connectivity index (χ3v) is 4.15. The quantitative estimate of drug-likeness (QED) is 0.708. The van der Waals surface area contributed by atoms with Crippen molar-refractivity contribution in [1.82, 2.24) is 14.7 Å². The van der Waals surface area contributed by atoms with Crippen LogP contribution in [0.4, 0.5) is 0 Å². The number of hydrogen-bond donors (Lipinski definition) is 3. The Morgan fingerprint density at radius 3 is 2.89 bits per heavy atom. The molecule has 19 heavy (non-hydrogen) atoms. The van der Waals surface area contributed by atoms with Gasteiger partial charge in [-0.15, -0.1) is 0 Å². The molecule has 0 spiro atoms. The standard InChI is InChI=1S/C11H15N3O4S/c1-8-10(6-9(7-15)18-8)19(16,17)14-3-2-11-12-4-5-13-11/h4-6,14-15H,2-3,7H2,1H3,(H,12,13). The van der Waals surface area contributed by atoms with Crippen molar-refractivity contribution in [3.63, 3.8) is 0 Å². The Hall–Kier alpha value is -1.64. The molecule has 0 fully saturated rings. The zero-order valence-electron chi connectivity index (χ0n) is 10.4. The van der Waals surface area contributed by atoms with Gasteiger partial charge in [-0.25, -0.2) is 18.1 Å². The molecule has 0 atom stereocenters. The summed E-state index contributed by atoms with van der Waals surface area (Å²) >= 11 is 0. The Balaban J connectivity index is 2.03. The lowest BCUT2D eigenvalue weighted by Gasteiger charge is -2.04. The minimum atomic E-state index is -3.63. The summed E-state index contributed by atoms with van der Waals surface area (Å²) in [5.74, 6) is 1.20. The van der Waals surface area contributed by atoms with Gasteiger partial charge in [-0.2, -0.15) is 0 Å². The van der Waals surface area contributed by atoms with Crippen molar-refractivity contribution < 1.29 is 17.9 Å². The van der Waals surface area contributed by atoms with Crippen molar-refractivity contribution in [2.75, 3.05) is 6.54 Å². The second kappa shape index (κ2) is 5.55. The fraction of sp³-hybridized carbons (Fsp3) is 0.364. The molecular formula is C11H15N3O4S. The van der Waals surface area contributed by atoms with Crippen LogP contribution in [0, 0.1) is 6.92 Å². The second-order valence-corrected chi connectivity index (χ2v) is 5.71. The molecule has 0 aliphatic carbocycles. The number of nitrogens with zero attached hydrogens (tertiary/aromatic N) is 1. The van der Waals surface area contributed by atoms with E-state index in [2.05, 4.69) is 14.7 Å². The first-order chi connectivity index (χ1) is 9.03. The van der Waals surface area contributed by atoms with Crippen molar-refractivity contribution in [3.8, 4) is 0 Å². The van der Waals surface area contributed by atoms with Gasteiger partial charge in [0.25, 0.3) is 0 Å². The molecule has 3 N–H and O–H groups in total. The van der Waals surface area contributed by atoms with Crippen LogP contribution in [0.15, 0.2) is 27.8 Å². The summed E-state index contributed by atoms with van der Waals surface area (Å²) in [7, 11) is -3.63. The second-order valence-electron chi connectivity index (χ2n) is 3.97. The smallest absolute Gasteiger partial charge is 0.244 e. The number of sulfonamides is 1. The fourth-order valence-electron chi connectivity index (χ4n) is 1.69. The average molecular weight is 285 g/mol. The highest BCUT2D eigenvalue weighted by atomic mass is 32.2. The Morgan fingerprint density at radius 2 is 2.32 bits per heavy atom. The molecular weight excluding hydrogens is 270 g/mol. The summed E-state index contributed by atoms with van der Waals surface area (Å²) in [5.41, 5.74) is 0. The van der Waals surface area contributed by atoms with Gasteiger partial charge in [0, 0.05) is 31.4 Å². The van der Waals surface area contributed by atoms with Gasteiger partial charge in [0.15, 0.2) is 0 Å². The van der Waals surface area contributed by atoms with Crippen LogP contribution in [0.1, 0.15) is 17.3 Å². The number of aliphatic hydroxyl groups excluding tert-OH is 1. The molecule has 0 saturated carbocycles. The van der Waals surface area contributed by atoms with Gasteiger partial charge in [-0.1, -0.05) is 0 Å². The van der Waals surface area contributed by atoms with E-state index in [1.165, 1.54) is 6.07 Å². The molecule has 2 aromatic rings. The first-order valence-corrected chi connectivity index (χ1v) is 7.19. The minimum Gasteiger partial charge on any atom is -0.462 e. The van der Waals surface area contributed by atoms with E-state index < -0.39 is 10.0 Å². The summed E-state index contributed by atoms with van der Waals surface area (Å²) in [5, 5.41) is 8.92. The van der Waals surface area contributed by atoms with Gasteiger partial charge in [-0.05, 0) is 6.92 Å². The van der Waals surface area contributed by atoms with E-state index in [0.717, 1.165) is 0 Å². The number of hydrogen-bond acceptors (Lipinski definition) is 5. The predicted molar refractivity (Wildman–Crippen MR) is 66.8 cm³/mol. The topological polar surface area (TPSA) is 108 Å². The molecule has 7 nitrogen and oxygen atoms in total. The number of H-pyrrole nitrogens is 1. The molecule has 0 amide bonds. The van der Waals surface area contributed by atoms with Gasteiger partial charge in [0.2, 0.25) is 10.0 Å². The summed E-state index contributed by atoms with van der Waals surface area (Å²) < 4.78 is 31.6. The molecule has 2 rings (SSSR count). The average Bonchev–Trinajstić information content (AvgIpc) is 2.98. The number of nitrogens with one attached hydrogen (secondary N) is 2. The Bertz CT molecular complexity index is 631. The van der Waals surface area contributed by atoms with Gasteiger partial charge >= 0.3 is 0 Å². The van der Waals surface area contributed by atoms with E-state index in [-0.39, 0.29) is 29.6 Å². The third kappa shape index (κ3) is 3.22. The molecule has 0 aromatic carbocycles. The van der Waals surface area contributed by atoms with Gasteiger partial charge in [-0.3, -0.25) is 0 Å². The van der Waals surface area contributed by atoms with Crippen molar-refractivity contribution in [3.05, 3.63) is 35.8 Å². The van der Waals surface area contributed by atoms with Crippen LogP contribution < -0.4 is 4.72 Å². The summed E-state index contributed by atoms with van der Waals surface area (Å²) in [6, 6.07) is 1.32. The van der Waals surface area contributed by atoms with Crippen molar-refractivity contribution in [2.45, 2.75) is 24.8 Å². The normalized spacial score (nSPS) is 11.9. The predicted octanol–water partition coefficient (Wildman–Crippen LogP) is 0.324. The number of rotatable bonds is 6. The molecule has 8 heteroatoms. The van der Waals surface area contributed by atoms with Crippen molar-refractivity contribution >= 4 is 10.0 Å². The first-order valence-electron chi connectivity index (χ1n) is 5.71. The minimum absolute atomic E-state index is 0.0518. The maximum atomic E-state index is 12.0. The number of aliphatic hydroxyl groups is 1. The molecule has 0 saturated heterocycles. The molecule has 0 bridgehead atoms. The largest absolute Gasteiger partial charge is 0.462 e. The van der Waals surface area contributed by atoms with E-state index in [4.69, 9.17) is 9.52 Å². The van der Waals surface area contributed by atoms with Crippen LogP contribution in [0.2, 0.25) is 0 Å². The van der Waals surface area contributed by atoms with E-state index in [9.17, 15) is 8.42 Å². The molecule has 2 heterocycles. The van der Waals surface area contributed by atoms with E-state index in [1.807, 2.05) is 0 Å². The number of imidazole rings is 1. The third-order valence-electron chi connectivity index (χ3n) is 2.58. The van der Waals surface area contributed by atoms with Crippen LogP contribution >= 0.6 is 0 Å². The molecule has 0 aliphatic heterocycles. The van der Waals surface area contributed by atoms with Crippen LogP contribution in [-0.4, -0.2) is 30.0 Å². The van der Waals surface area contributed by atoms with Crippen LogP contribution in [0.5, 0.6) is 0 Å². The molecule has 104 valence electrons. The summed E-state index contributed by atoms with van der Waals surface area (Å²) in [6.07, 6.45) is 3.76. The highest BCUT2D eigenvalue weighted by molar-refractivity contribution is 7.89. The van der Waals surface area contributed by atoms with Gasteiger partial charge < -0.3 is 14.5 Å². The summed E-state index contributed by atoms with van der Waals surface area (Å²) in [4.78, 5) is 6.94. The maximum absolute atomic E-state index is 12.0. The lowest BCUT2D eigenvalue weighted by Crippen LogP contribution is -2.26. The van der Waals surface area contributed by atoms with E-state index >= 15 is 0 Å². The molecule has 0 aliphatic rings. The summed E-state index contributed by atoms with van der Waals surface area (Å²) in [6.45, 7) is 1.44. The monoisotopic (exact) mass is 285 g/mol. The van der Waals surface area contributed by atoms with Gasteiger partial charge in [0.05, 0.1) is 0 Å². The molecule has 2 aromatic heterocycles.